The molecular formula is C28H36O13. The van der Waals surface area contributed by atoms with E-state index < -0.39 is 95.4 Å². The molecule has 2 aliphatic heterocycles. The molecule has 0 unspecified atom stereocenters. The van der Waals surface area contributed by atoms with Gasteiger partial charge in [0, 0.05) is 40.0 Å². The lowest BCUT2D eigenvalue weighted by molar-refractivity contribution is -0.255. The van der Waals surface area contributed by atoms with Crippen LogP contribution >= 0.6 is 0 Å². The van der Waals surface area contributed by atoms with Gasteiger partial charge in [0.2, 0.25) is 0 Å². The standard InChI is InChI=1S/C28H36O13/c1-13-25(34)41-21-9-18(11-29)7-8-20(38-15(3)31)26(6)22(24(28(13,21)35)40-17(5)33)27(12-36-27)10-19(37-14(2)30)23(26)39-16(4)32/h7-9,13,19-24,29,35H,10-12H2,1-6H3/b8-7-,18-9+/t13-,19-,20+,21-,22+,23-,24+,26+,27-,28-/m1/s1. The van der Waals surface area contributed by atoms with E-state index in [4.69, 9.17) is 28.4 Å². The number of carbonyl (C=O) groups is 5. The first kappa shape index (κ1) is 30.7. The number of esters is 5. The van der Waals surface area contributed by atoms with E-state index in [1.54, 1.807) is 6.92 Å². The fourth-order valence-electron chi connectivity index (χ4n) is 6.81. The van der Waals surface area contributed by atoms with E-state index in [0.717, 1.165) is 13.8 Å². The van der Waals surface area contributed by atoms with Crippen molar-refractivity contribution in [3.05, 3.63) is 23.8 Å². The number of aliphatic hydroxyl groups excluding tert-OH is 1. The number of hydrogen-bond acceptors (Lipinski definition) is 13. The molecule has 2 aliphatic carbocycles. The summed E-state index contributed by atoms with van der Waals surface area (Å²) >= 11 is 0. The van der Waals surface area contributed by atoms with E-state index in [0.29, 0.717) is 0 Å². The average molecular weight is 581 g/mol. The van der Waals surface area contributed by atoms with Crippen molar-refractivity contribution in [3.8, 4) is 0 Å². The molecule has 13 nitrogen and oxygen atoms in total. The van der Waals surface area contributed by atoms with Gasteiger partial charge in [-0.3, -0.25) is 24.0 Å². The molecule has 226 valence electrons. The van der Waals surface area contributed by atoms with Crippen molar-refractivity contribution >= 4 is 29.8 Å². The van der Waals surface area contributed by atoms with Crippen LogP contribution in [-0.2, 0) is 52.4 Å². The maximum absolute atomic E-state index is 12.9. The Morgan fingerprint density at radius 2 is 1.54 bits per heavy atom. The lowest BCUT2D eigenvalue weighted by Crippen LogP contribution is -2.71. The highest BCUT2D eigenvalue weighted by Gasteiger charge is 2.76. The third-order valence-electron chi connectivity index (χ3n) is 8.60. The minimum Gasteiger partial charge on any atom is -0.459 e. The average Bonchev–Trinajstić information content (AvgIpc) is 3.58. The molecular weight excluding hydrogens is 544 g/mol. The van der Waals surface area contributed by atoms with E-state index >= 15 is 0 Å². The van der Waals surface area contributed by atoms with Gasteiger partial charge >= 0.3 is 29.8 Å². The van der Waals surface area contributed by atoms with Crippen LogP contribution in [0.5, 0.6) is 0 Å². The molecule has 2 saturated heterocycles. The molecule has 0 aromatic rings. The van der Waals surface area contributed by atoms with Gasteiger partial charge in [0.05, 0.1) is 24.5 Å². The van der Waals surface area contributed by atoms with Crippen LogP contribution in [0.1, 0.15) is 48.0 Å². The summed E-state index contributed by atoms with van der Waals surface area (Å²) in [5.41, 5.74) is -4.88. The van der Waals surface area contributed by atoms with E-state index in [2.05, 4.69) is 0 Å². The summed E-state index contributed by atoms with van der Waals surface area (Å²) in [4.78, 5) is 62.7. The van der Waals surface area contributed by atoms with E-state index in [1.807, 2.05) is 0 Å². The maximum atomic E-state index is 12.9. The molecule has 41 heavy (non-hydrogen) atoms. The third-order valence-corrected chi connectivity index (χ3v) is 8.60. The topological polar surface area (TPSA) is 184 Å². The predicted molar refractivity (Wildman–Crippen MR) is 135 cm³/mol. The summed E-state index contributed by atoms with van der Waals surface area (Å²) in [6.45, 7) is 7.15. The molecule has 2 N–H and O–H groups in total. The number of aliphatic hydroxyl groups is 2. The van der Waals surface area contributed by atoms with Gasteiger partial charge in [-0.15, -0.1) is 0 Å². The number of rotatable bonds is 5. The van der Waals surface area contributed by atoms with Crippen LogP contribution in [0.25, 0.3) is 0 Å². The van der Waals surface area contributed by atoms with Crippen molar-refractivity contribution in [2.75, 3.05) is 13.2 Å². The summed E-state index contributed by atoms with van der Waals surface area (Å²) in [7, 11) is 0. The second-order valence-electron chi connectivity index (χ2n) is 11.4. The second-order valence-corrected chi connectivity index (χ2v) is 11.4. The first-order valence-corrected chi connectivity index (χ1v) is 13.4. The Morgan fingerprint density at radius 1 is 0.976 bits per heavy atom. The number of hydrogen-bond donors (Lipinski definition) is 2. The van der Waals surface area contributed by atoms with E-state index in [9.17, 15) is 34.2 Å². The number of epoxide rings is 1. The lowest BCUT2D eigenvalue weighted by atomic mass is 9.52. The molecule has 0 radical (unpaired) electrons. The van der Waals surface area contributed by atoms with Crippen LogP contribution < -0.4 is 0 Å². The Kier molecular flexibility index (Phi) is 8.11. The van der Waals surface area contributed by atoms with Crippen LogP contribution in [0, 0.1) is 17.3 Å². The molecule has 4 rings (SSSR count). The van der Waals surface area contributed by atoms with Crippen molar-refractivity contribution in [2.24, 2.45) is 17.3 Å². The minimum atomic E-state index is -2.21. The molecule has 1 saturated carbocycles. The Bertz CT molecular complexity index is 1190. The fraction of sp³-hybridized carbons (Fsp3) is 0.679. The molecule has 1 spiro atoms. The predicted octanol–water partition coefficient (Wildman–Crippen LogP) is 0.290. The molecule has 3 fully saturated rings. The van der Waals surface area contributed by atoms with Gasteiger partial charge in [-0.25, -0.2) is 0 Å². The summed E-state index contributed by atoms with van der Waals surface area (Å²) in [6, 6.07) is 0. The van der Waals surface area contributed by atoms with Gasteiger partial charge in [-0.2, -0.15) is 0 Å². The fourth-order valence-corrected chi connectivity index (χ4v) is 6.81. The van der Waals surface area contributed by atoms with Gasteiger partial charge in [0.25, 0.3) is 0 Å². The van der Waals surface area contributed by atoms with Crippen LogP contribution in [0.4, 0.5) is 0 Å². The monoisotopic (exact) mass is 580 g/mol. The quantitative estimate of drug-likeness (QED) is 0.257. The molecule has 0 aromatic carbocycles. The number of ether oxygens (including phenoxy) is 6. The lowest BCUT2D eigenvalue weighted by Gasteiger charge is -2.57. The largest absolute Gasteiger partial charge is 0.459 e. The smallest absolute Gasteiger partial charge is 0.312 e. The number of fused-ring (bicyclic) bond motifs is 3. The van der Waals surface area contributed by atoms with Crippen molar-refractivity contribution in [2.45, 2.75) is 89.7 Å². The SMILES string of the molecule is CC(=O)O[C@H]1/C=C\C(CO)=C/[C@H]2OC(=O)[C@@H](C)[C@]2(O)[C@@H](OC(C)=O)[C@@H]2[C@]3(CO3)C[C@@H](OC(C)=O)[C@@H](OC(C)=O)[C@@]12C. The van der Waals surface area contributed by atoms with Crippen molar-refractivity contribution in [1.29, 1.82) is 0 Å². The Hall–Kier alpha value is -3.29. The molecule has 0 amide bonds. The summed E-state index contributed by atoms with van der Waals surface area (Å²) in [6.07, 6.45) is -2.40. The van der Waals surface area contributed by atoms with Crippen molar-refractivity contribution < 1.29 is 62.6 Å². The van der Waals surface area contributed by atoms with Gasteiger partial charge in [-0.1, -0.05) is 13.0 Å². The van der Waals surface area contributed by atoms with Crippen LogP contribution in [-0.4, -0.2) is 95.0 Å². The Balaban J connectivity index is 2.09. The van der Waals surface area contributed by atoms with Gasteiger partial charge in [0.15, 0.2) is 11.7 Å². The molecule has 10 atom stereocenters. The zero-order valence-electron chi connectivity index (χ0n) is 23.8. The summed E-state index contributed by atoms with van der Waals surface area (Å²) in [5.74, 6) is -6.07. The summed E-state index contributed by atoms with van der Waals surface area (Å²) in [5, 5.41) is 22.5. The van der Waals surface area contributed by atoms with Crippen molar-refractivity contribution in [3.63, 3.8) is 0 Å². The maximum Gasteiger partial charge on any atom is 0.312 e. The number of carbonyl (C=O) groups excluding carboxylic acids is 5. The minimum absolute atomic E-state index is 0.0271. The first-order valence-electron chi connectivity index (χ1n) is 13.4. The molecule has 2 heterocycles. The van der Waals surface area contributed by atoms with Crippen LogP contribution in [0.3, 0.4) is 0 Å². The first-order chi connectivity index (χ1) is 19.1. The highest BCUT2D eigenvalue weighted by molar-refractivity contribution is 5.78. The highest BCUT2D eigenvalue weighted by Crippen LogP contribution is 2.62. The molecule has 4 aliphatic rings. The van der Waals surface area contributed by atoms with Gasteiger partial charge in [0.1, 0.15) is 30.0 Å². The zero-order chi connectivity index (χ0) is 30.5. The normalized spacial score (nSPS) is 43.3. The Labute approximate surface area is 236 Å². The second kappa shape index (κ2) is 10.8. The van der Waals surface area contributed by atoms with Crippen LogP contribution in [0.15, 0.2) is 23.8 Å². The van der Waals surface area contributed by atoms with Crippen molar-refractivity contribution in [1.82, 2.24) is 0 Å². The summed E-state index contributed by atoms with van der Waals surface area (Å²) < 4.78 is 34.6. The molecule has 0 bridgehead atoms. The van der Waals surface area contributed by atoms with Crippen LogP contribution in [0.2, 0.25) is 0 Å². The third kappa shape index (κ3) is 5.26. The zero-order valence-corrected chi connectivity index (χ0v) is 23.8. The van der Waals surface area contributed by atoms with Gasteiger partial charge < -0.3 is 38.6 Å². The Morgan fingerprint density at radius 3 is 2.05 bits per heavy atom. The van der Waals surface area contributed by atoms with E-state index in [-0.39, 0.29) is 18.6 Å². The molecule has 13 heteroatoms. The van der Waals surface area contributed by atoms with Gasteiger partial charge in [-0.05, 0) is 24.6 Å². The van der Waals surface area contributed by atoms with E-state index in [1.165, 1.54) is 39.0 Å². The highest BCUT2D eigenvalue weighted by atomic mass is 16.6. The molecule has 0 aromatic heterocycles.